The lowest BCUT2D eigenvalue weighted by Crippen LogP contribution is -2.54. The highest BCUT2D eigenvalue weighted by Crippen LogP contribution is 2.55. The maximum atomic E-state index is 14.4. The Kier molecular flexibility index (Phi) is 4.66. The minimum Gasteiger partial charge on any atom is -0.306 e. The minimum atomic E-state index is -1.29. The van der Waals surface area contributed by atoms with E-state index in [2.05, 4.69) is 5.32 Å². The van der Waals surface area contributed by atoms with Gasteiger partial charge in [0, 0.05) is 22.7 Å². The first-order valence-corrected chi connectivity index (χ1v) is 12.6. The number of hydrogen-bond donors (Lipinski definition) is 1. The molecule has 4 aromatic rings. The van der Waals surface area contributed by atoms with Crippen molar-refractivity contribution in [3.8, 4) is 0 Å². The Morgan fingerprint density at radius 2 is 1.43 bits per heavy atom. The zero-order valence-corrected chi connectivity index (χ0v) is 20.3. The lowest BCUT2D eigenvalue weighted by Gasteiger charge is -2.30. The summed E-state index contributed by atoms with van der Waals surface area (Å²) in [5.41, 5.74) is 1.82. The monoisotopic (exact) mass is 487 g/mol. The predicted octanol–water partition coefficient (Wildman–Crippen LogP) is 4.38. The van der Waals surface area contributed by atoms with E-state index in [-0.39, 0.29) is 23.8 Å². The largest absolute Gasteiger partial charge is 0.306 e. The molecule has 0 radical (unpaired) electrons. The number of para-hydroxylation sites is 1. The van der Waals surface area contributed by atoms with Crippen molar-refractivity contribution < 1.29 is 14.4 Å². The second-order valence-corrected chi connectivity index (χ2v) is 10.1. The molecule has 0 saturated carbocycles. The Labute approximate surface area is 214 Å². The van der Waals surface area contributed by atoms with Crippen LogP contribution in [-0.4, -0.2) is 23.8 Å². The lowest BCUT2D eigenvalue weighted by molar-refractivity contribution is -0.132. The maximum absolute atomic E-state index is 14.4. The molecule has 2 fully saturated rings. The normalized spacial score (nSPS) is 26.4. The summed E-state index contributed by atoms with van der Waals surface area (Å²) in [5, 5.41) is 5.26. The van der Waals surface area contributed by atoms with Crippen molar-refractivity contribution in [1.29, 1.82) is 0 Å². The van der Waals surface area contributed by atoms with E-state index in [4.69, 9.17) is 0 Å². The maximum Gasteiger partial charge on any atom is 0.253 e. The fraction of sp³-hybridized carbons (Fsp3) is 0.194. The van der Waals surface area contributed by atoms with Gasteiger partial charge >= 0.3 is 0 Å². The van der Waals surface area contributed by atoms with Gasteiger partial charge < -0.3 is 4.90 Å². The van der Waals surface area contributed by atoms with Gasteiger partial charge in [-0.2, -0.15) is 0 Å². The van der Waals surface area contributed by atoms with Crippen LogP contribution in [0, 0.1) is 11.8 Å². The molecular weight excluding hydrogens is 462 g/mol. The smallest absolute Gasteiger partial charge is 0.253 e. The van der Waals surface area contributed by atoms with Gasteiger partial charge in [0.15, 0.2) is 0 Å². The average molecular weight is 488 g/mol. The van der Waals surface area contributed by atoms with Crippen LogP contribution in [0.25, 0.3) is 10.8 Å². The van der Waals surface area contributed by atoms with Crippen LogP contribution in [0.3, 0.4) is 0 Å². The van der Waals surface area contributed by atoms with E-state index < -0.39 is 17.4 Å². The Hall–Kier alpha value is -4.29. The number of nitrogens with zero attached hydrogens (tertiary/aromatic N) is 2. The Balaban J connectivity index is 1.37. The van der Waals surface area contributed by atoms with Crippen LogP contribution in [0.2, 0.25) is 0 Å². The first kappa shape index (κ1) is 21.9. The molecule has 7 rings (SSSR count). The molecule has 0 bridgehead atoms. The SMILES string of the molecule is C[C@@H]1N[C@]2(C(=O)N(Cc3ccccc3)c3ccccc32)[C@H]2C(=O)N(c3cccc4ccccc34)C(=O)[C@@H]12. The molecule has 3 aliphatic rings. The van der Waals surface area contributed by atoms with E-state index in [1.54, 1.807) is 4.90 Å². The van der Waals surface area contributed by atoms with Crippen LogP contribution >= 0.6 is 0 Å². The van der Waals surface area contributed by atoms with Crippen LogP contribution in [0.4, 0.5) is 11.4 Å². The number of carbonyl (C=O) groups is 3. The molecule has 1 N–H and O–H groups in total. The summed E-state index contributed by atoms with van der Waals surface area (Å²) < 4.78 is 0. The van der Waals surface area contributed by atoms with Crippen molar-refractivity contribution in [2.24, 2.45) is 11.8 Å². The van der Waals surface area contributed by atoms with Crippen molar-refractivity contribution >= 4 is 39.9 Å². The van der Waals surface area contributed by atoms with E-state index in [0.717, 1.165) is 27.6 Å². The van der Waals surface area contributed by atoms with Crippen molar-refractivity contribution in [3.05, 3.63) is 108 Å². The molecule has 4 atom stereocenters. The molecule has 0 aromatic heterocycles. The number of amides is 3. The topological polar surface area (TPSA) is 69.7 Å². The van der Waals surface area contributed by atoms with Gasteiger partial charge in [0.2, 0.25) is 11.8 Å². The van der Waals surface area contributed by atoms with Crippen molar-refractivity contribution in [1.82, 2.24) is 5.32 Å². The second kappa shape index (κ2) is 7.85. The molecule has 37 heavy (non-hydrogen) atoms. The highest BCUT2D eigenvalue weighted by molar-refractivity contribution is 6.28. The van der Waals surface area contributed by atoms with E-state index in [1.165, 1.54) is 4.90 Å². The number of fused-ring (bicyclic) bond motifs is 5. The van der Waals surface area contributed by atoms with Gasteiger partial charge in [0.05, 0.1) is 24.1 Å². The van der Waals surface area contributed by atoms with E-state index in [0.29, 0.717) is 12.2 Å². The molecule has 6 nitrogen and oxygen atoms in total. The summed E-state index contributed by atoms with van der Waals surface area (Å²) in [5.74, 6) is -2.23. The van der Waals surface area contributed by atoms with Crippen LogP contribution < -0.4 is 15.1 Å². The van der Waals surface area contributed by atoms with Gasteiger partial charge in [-0.3, -0.25) is 19.7 Å². The van der Waals surface area contributed by atoms with Crippen molar-refractivity contribution in [3.63, 3.8) is 0 Å². The Bertz CT molecular complexity index is 1590. The minimum absolute atomic E-state index is 0.183. The van der Waals surface area contributed by atoms with Crippen LogP contribution in [0.15, 0.2) is 97.1 Å². The summed E-state index contributed by atoms with van der Waals surface area (Å²) in [6.45, 7) is 2.29. The van der Waals surface area contributed by atoms with Gasteiger partial charge in [0.1, 0.15) is 5.54 Å². The summed E-state index contributed by atoms with van der Waals surface area (Å²) in [6.07, 6.45) is 0. The summed E-state index contributed by atoms with van der Waals surface area (Å²) in [7, 11) is 0. The fourth-order valence-corrected chi connectivity index (χ4v) is 6.67. The third-order valence-electron chi connectivity index (χ3n) is 8.20. The van der Waals surface area contributed by atoms with E-state index >= 15 is 0 Å². The molecule has 1 spiro atoms. The van der Waals surface area contributed by atoms with E-state index in [1.807, 2.05) is 104 Å². The molecule has 2 saturated heterocycles. The first-order chi connectivity index (χ1) is 18.0. The quantitative estimate of drug-likeness (QED) is 0.436. The van der Waals surface area contributed by atoms with Gasteiger partial charge in [-0.15, -0.1) is 0 Å². The van der Waals surface area contributed by atoms with Gasteiger partial charge in [-0.05, 0) is 30.0 Å². The standard InChI is InChI=1S/C31H25N3O3/c1-19-26-27(29(36)34(28(26)35)24-17-9-13-21-12-5-6-14-22(21)24)31(32-19)23-15-7-8-16-25(23)33(30(31)37)18-20-10-3-2-4-11-20/h2-17,19,26-27,32H,18H2,1H3/t19-,26-,27+,31-/m0/s1. The molecular formula is C31H25N3O3. The van der Waals surface area contributed by atoms with Crippen LogP contribution in [-0.2, 0) is 26.5 Å². The van der Waals surface area contributed by atoms with Crippen LogP contribution in [0.1, 0.15) is 18.1 Å². The van der Waals surface area contributed by atoms with Crippen molar-refractivity contribution in [2.75, 3.05) is 9.80 Å². The zero-order valence-electron chi connectivity index (χ0n) is 20.3. The molecule has 0 aliphatic carbocycles. The van der Waals surface area contributed by atoms with Crippen molar-refractivity contribution in [2.45, 2.75) is 25.0 Å². The summed E-state index contributed by atoms with van der Waals surface area (Å²) in [6, 6.07) is 30.5. The highest BCUT2D eigenvalue weighted by Gasteiger charge is 2.71. The summed E-state index contributed by atoms with van der Waals surface area (Å²) in [4.78, 5) is 45.6. The number of anilines is 2. The molecule has 3 amide bonds. The molecule has 3 aliphatic heterocycles. The first-order valence-electron chi connectivity index (χ1n) is 12.6. The molecule has 4 aromatic carbocycles. The Morgan fingerprint density at radius 3 is 2.27 bits per heavy atom. The predicted molar refractivity (Wildman–Crippen MR) is 142 cm³/mol. The highest BCUT2D eigenvalue weighted by atomic mass is 16.2. The van der Waals surface area contributed by atoms with Crippen LogP contribution in [0.5, 0.6) is 0 Å². The number of hydrogen-bond acceptors (Lipinski definition) is 4. The number of carbonyl (C=O) groups excluding carboxylic acids is 3. The molecule has 6 heteroatoms. The van der Waals surface area contributed by atoms with E-state index in [9.17, 15) is 14.4 Å². The summed E-state index contributed by atoms with van der Waals surface area (Å²) >= 11 is 0. The average Bonchev–Trinajstić information content (AvgIpc) is 3.47. The third-order valence-corrected chi connectivity index (χ3v) is 8.20. The second-order valence-electron chi connectivity index (χ2n) is 10.1. The molecule has 0 unspecified atom stereocenters. The van der Waals surface area contributed by atoms with Gasteiger partial charge in [0.25, 0.3) is 5.91 Å². The number of benzene rings is 4. The third kappa shape index (κ3) is 2.87. The molecule has 182 valence electrons. The number of nitrogens with one attached hydrogen (secondary N) is 1. The number of imide groups is 1. The Morgan fingerprint density at radius 1 is 0.757 bits per heavy atom. The lowest BCUT2D eigenvalue weighted by atomic mass is 9.76. The fourth-order valence-electron chi connectivity index (χ4n) is 6.67. The number of rotatable bonds is 3. The zero-order chi connectivity index (χ0) is 25.3. The van der Waals surface area contributed by atoms with Gasteiger partial charge in [-0.1, -0.05) is 84.9 Å². The van der Waals surface area contributed by atoms with Gasteiger partial charge in [-0.25, -0.2) is 4.90 Å². The molecule has 3 heterocycles.